The van der Waals surface area contributed by atoms with Gasteiger partial charge < -0.3 is 5.11 Å². The lowest BCUT2D eigenvalue weighted by Gasteiger charge is -2.37. The molecular formula is C13H22O2. The third kappa shape index (κ3) is 2.73. The molecule has 2 aliphatic rings. The molecule has 0 spiro atoms. The Morgan fingerprint density at radius 2 is 1.60 bits per heavy atom. The minimum Gasteiger partial charge on any atom is -0.481 e. The fraction of sp³-hybridized carbons (Fsp3) is 0.923. The molecule has 2 nitrogen and oxygen atoms in total. The molecule has 2 heteroatoms. The first kappa shape index (κ1) is 11.0. The van der Waals surface area contributed by atoms with E-state index in [9.17, 15) is 4.79 Å². The van der Waals surface area contributed by atoms with Crippen LogP contribution in [-0.2, 0) is 4.79 Å². The van der Waals surface area contributed by atoms with E-state index in [0.29, 0.717) is 6.42 Å². The van der Waals surface area contributed by atoms with Crippen molar-refractivity contribution in [3.05, 3.63) is 0 Å². The minimum absolute atomic E-state index is 0.387. The van der Waals surface area contributed by atoms with Crippen LogP contribution in [0.15, 0.2) is 0 Å². The van der Waals surface area contributed by atoms with Crippen molar-refractivity contribution in [3.63, 3.8) is 0 Å². The molecule has 2 fully saturated rings. The fourth-order valence-corrected chi connectivity index (χ4v) is 3.40. The minimum atomic E-state index is -0.614. The standard InChI is InChI=1S/C13H22O2/c14-13(15)9-8-12(11-6-3-7-11)10-4-1-2-5-10/h10-12H,1-9H2,(H,14,15). The van der Waals surface area contributed by atoms with Crippen molar-refractivity contribution < 1.29 is 9.90 Å². The SMILES string of the molecule is O=C(O)CCC(C1CCCC1)C1CCC1. The van der Waals surface area contributed by atoms with Gasteiger partial charge in [0.1, 0.15) is 0 Å². The fourth-order valence-electron chi connectivity index (χ4n) is 3.40. The van der Waals surface area contributed by atoms with Crippen molar-refractivity contribution in [2.45, 2.75) is 57.8 Å². The smallest absolute Gasteiger partial charge is 0.303 e. The van der Waals surface area contributed by atoms with E-state index in [2.05, 4.69) is 0 Å². The van der Waals surface area contributed by atoms with E-state index >= 15 is 0 Å². The van der Waals surface area contributed by atoms with Crippen LogP contribution in [-0.4, -0.2) is 11.1 Å². The second-order valence-electron chi connectivity index (χ2n) is 5.33. The van der Waals surface area contributed by atoms with Crippen LogP contribution >= 0.6 is 0 Å². The van der Waals surface area contributed by atoms with Gasteiger partial charge in [-0.05, 0) is 24.2 Å². The Kier molecular flexibility index (Phi) is 3.66. The van der Waals surface area contributed by atoms with Crippen LogP contribution in [0.25, 0.3) is 0 Å². The molecule has 0 saturated heterocycles. The van der Waals surface area contributed by atoms with E-state index in [1.165, 1.54) is 44.9 Å². The van der Waals surface area contributed by atoms with Crippen LogP contribution in [0.3, 0.4) is 0 Å². The molecule has 0 aromatic heterocycles. The van der Waals surface area contributed by atoms with Crippen LogP contribution in [0.2, 0.25) is 0 Å². The van der Waals surface area contributed by atoms with Crippen LogP contribution < -0.4 is 0 Å². The maximum absolute atomic E-state index is 10.6. The number of carbonyl (C=O) groups is 1. The molecule has 86 valence electrons. The number of carboxylic acid groups (broad SMARTS) is 1. The van der Waals surface area contributed by atoms with Gasteiger partial charge in [-0.3, -0.25) is 4.79 Å². The van der Waals surface area contributed by atoms with Crippen molar-refractivity contribution in [2.75, 3.05) is 0 Å². The summed E-state index contributed by atoms with van der Waals surface area (Å²) in [4.78, 5) is 10.6. The molecule has 2 rings (SSSR count). The van der Waals surface area contributed by atoms with Gasteiger partial charge in [0.25, 0.3) is 0 Å². The van der Waals surface area contributed by atoms with Gasteiger partial charge in [0.15, 0.2) is 0 Å². The van der Waals surface area contributed by atoms with E-state index < -0.39 is 5.97 Å². The maximum atomic E-state index is 10.6. The predicted octanol–water partition coefficient (Wildman–Crippen LogP) is 3.46. The topological polar surface area (TPSA) is 37.3 Å². The first-order valence-electron chi connectivity index (χ1n) is 6.49. The summed E-state index contributed by atoms with van der Waals surface area (Å²) in [6.45, 7) is 0. The summed E-state index contributed by atoms with van der Waals surface area (Å²) in [5, 5.41) is 8.78. The second-order valence-corrected chi connectivity index (χ2v) is 5.33. The Hall–Kier alpha value is -0.530. The van der Waals surface area contributed by atoms with Crippen molar-refractivity contribution in [1.29, 1.82) is 0 Å². The number of hydrogen-bond acceptors (Lipinski definition) is 1. The van der Waals surface area contributed by atoms with Gasteiger partial charge >= 0.3 is 5.97 Å². The lowest BCUT2D eigenvalue weighted by molar-refractivity contribution is -0.137. The molecule has 0 radical (unpaired) electrons. The maximum Gasteiger partial charge on any atom is 0.303 e. The average Bonchev–Trinajstić information content (AvgIpc) is 2.60. The number of rotatable bonds is 5. The quantitative estimate of drug-likeness (QED) is 0.754. The summed E-state index contributed by atoms with van der Waals surface area (Å²) < 4.78 is 0. The summed E-state index contributed by atoms with van der Waals surface area (Å²) in [5.41, 5.74) is 0. The van der Waals surface area contributed by atoms with Crippen LogP contribution in [0.5, 0.6) is 0 Å². The number of hydrogen-bond donors (Lipinski definition) is 1. The molecule has 1 N–H and O–H groups in total. The molecule has 0 aromatic rings. The van der Waals surface area contributed by atoms with E-state index in [1.54, 1.807) is 0 Å². The zero-order valence-corrected chi connectivity index (χ0v) is 9.45. The molecule has 1 unspecified atom stereocenters. The van der Waals surface area contributed by atoms with Crippen molar-refractivity contribution in [3.8, 4) is 0 Å². The highest BCUT2D eigenvalue weighted by Crippen LogP contribution is 2.45. The molecule has 2 aliphatic carbocycles. The van der Waals surface area contributed by atoms with E-state index in [1.807, 2.05) is 0 Å². The predicted molar refractivity (Wildman–Crippen MR) is 59.7 cm³/mol. The summed E-state index contributed by atoms with van der Waals surface area (Å²) in [5.74, 6) is 1.84. The van der Waals surface area contributed by atoms with Crippen LogP contribution in [0.4, 0.5) is 0 Å². The monoisotopic (exact) mass is 210 g/mol. The molecular weight excluding hydrogens is 188 g/mol. The second kappa shape index (κ2) is 5.00. The third-order valence-electron chi connectivity index (χ3n) is 4.45. The first-order valence-corrected chi connectivity index (χ1v) is 6.49. The Morgan fingerprint density at radius 3 is 2.00 bits per heavy atom. The van der Waals surface area contributed by atoms with Gasteiger partial charge in [0.2, 0.25) is 0 Å². The zero-order chi connectivity index (χ0) is 10.7. The lowest BCUT2D eigenvalue weighted by Crippen LogP contribution is -2.28. The normalized spacial score (nSPS) is 25.1. The highest BCUT2D eigenvalue weighted by atomic mass is 16.4. The Balaban J connectivity index is 1.86. The molecule has 0 bridgehead atoms. The number of aliphatic carboxylic acids is 1. The van der Waals surface area contributed by atoms with Crippen LogP contribution in [0, 0.1) is 17.8 Å². The lowest BCUT2D eigenvalue weighted by atomic mass is 9.68. The van der Waals surface area contributed by atoms with Gasteiger partial charge in [0, 0.05) is 6.42 Å². The molecule has 0 heterocycles. The average molecular weight is 210 g/mol. The molecule has 0 amide bonds. The molecule has 1 atom stereocenters. The summed E-state index contributed by atoms with van der Waals surface area (Å²) in [6, 6.07) is 0. The zero-order valence-electron chi connectivity index (χ0n) is 9.45. The highest BCUT2D eigenvalue weighted by molar-refractivity contribution is 5.66. The van der Waals surface area contributed by atoms with Crippen LogP contribution in [0.1, 0.15) is 57.8 Å². The number of carboxylic acids is 1. The Morgan fingerprint density at radius 1 is 1.07 bits per heavy atom. The van der Waals surface area contributed by atoms with Gasteiger partial charge in [-0.1, -0.05) is 44.9 Å². The first-order chi connectivity index (χ1) is 7.27. The highest BCUT2D eigenvalue weighted by Gasteiger charge is 2.34. The molecule has 15 heavy (non-hydrogen) atoms. The molecule has 2 saturated carbocycles. The Bertz CT molecular complexity index is 215. The molecule has 0 aliphatic heterocycles. The van der Waals surface area contributed by atoms with Gasteiger partial charge in [-0.15, -0.1) is 0 Å². The third-order valence-corrected chi connectivity index (χ3v) is 4.45. The summed E-state index contributed by atoms with van der Waals surface area (Å²) >= 11 is 0. The summed E-state index contributed by atoms with van der Waals surface area (Å²) in [7, 11) is 0. The summed E-state index contributed by atoms with van der Waals surface area (Å²) in [6.07, 6.45) is 10.9. The van der Waals surface area contributed by atoms with Crippen molar-refractivity contribution >= 4 is 5.97 Å². The van der Waals surface area contributed by atoms with Crippen molar-refractivity contribution in [1.82, 2.24) is 0 Å². The van der Waals surface area contributed by atoms with Crippen molar-refractivity contribution in [2.24, 2.45) is 17.8 Å². The molecule has 0 aromatic carbocycles. The Labute approximate surface area is 92.1 Å². The largest absolute Gasteiger partial charge is 0.481 e. The van der Waals surface area contributed by atoms with E-state index in [0.717, 1.165) is 24.2 Å². The van der Waals surface area contributed by atoms with E-state index in [-0.39, 0.29) is 0 Å². The van der Waals surface area contributed by atoms with E-state index in [4.69, 9.17) is 5.11 Å². The van der Waals surface area contributed by atoms with Gasteiger partial charge in [-0.2, -0.15) is 0 Å². The van der Waals surface area contributed by atoms with Gasteiger partial charge in [0.05, 0.1) is 0 Å². The van der Waals surface area contributed by atoms with Gasteiger partial charge in [-0.25, -0.2) is 0 Å².